The molecule has 0 aliphatic carbocycles. The molecule has 686 valence electrons. The second-order valence-corrected chi connectivity index (χ2v) is 34.2. The number of carbonyl (C=O) groups is 11. The van der Waals surface area contributed by atoms with Crippen molar-refractivity contribution in [1.29, 1.82) is 5.26 Å². The summed E-state index contributed by atoms with van der Waals surface area (Å²) in [6.07, 6.45) is 3.41. The number of nitrogens with zero attached hydrogens (tertiary/aromatic N) is 1. The van der Waals surface area contributed by atoms with Crippen molar-refractivity contribution >= 4 is 99.9 Å². The first-order valence-electron chi connectivity index (χ1n) is 40.2. The number of cyclic esters (lactones) is 2. The van der Waals surface area contributed by atoms with Crippen molar-refractivity contribution in [2.75, 3.05) is 81.3 Å². The highest BCUT2D eigenvalue weighted by Crippen LogP contribution is 2.46. The summed E-state index contributed by atoms with van der Waals surface area (Å²) in [5.74, 6) is -4.57. The second-order valence-electron chi connectivity index (χ2n) is 31.9. The van der Waals surface area contributed by atoms with E-state index in [9.17, 15) is 52.7 Å². The molecule has 0 bridgehead atoms. The van der Waals surface area contributed by atoms with Gasteiger partial charge in [0.2, 0.25) is 0 Å². The molecular weight excluding hydrogens is 1620 g/mol. The minimum Gasteiger partial charge on any atom is -0.469 e. The number of methoxy groups -OCH3 is 4. The lowest BCUT2D eigenvalue weighted by Crippen LogP contribution is -2.40. The molecular formula is C94H137NO26S2. The molecule has 4 aromatic rings. The van der Waals surface area contributed by atoms with Gasteiger partial charge >= 0.3 is 65.7 Å². The normalized spacial score (nSPS) is 14.7. The lowest BCUT2D eigenvalue weighted by atomic mass is 9.68. The van der Waals surface area contributed by atoms with Gasteiger partial charge in [-0.3, -0.25) is 28.8 Å². The monoisotopic (exact) mass is 1760 g/mol. The van der Waals surface area contributed by atoms with Gasteiger partial charge < -0.3 is 72.5 Å². The molecule has 1 saturated heterocycles. The summed E-state index contributed by atoms with van der Waals surface area (Å²) in [5.41, 5.74) is 0.212. The lowest BCUT2D eigenvalue weighted by molar-refractivity contribution is -0.191. The number of thiocarbonyl (C=S) groups is 1. The molecule has 1 aliphatic rings. The van der Waals surface area contributed by atoms with Gasteiger partial charge in [-0.2, -0.15) is 5.26 Å². The Kier molecular flexibility index (Phi) is 57.7. The highest BCUT2D eigenvalue weighted by atomic mass is 32.2. The largest absolute Gasteiger partial charge is 0.469 e. The SMILES string of the molecule is C=C(C)C(=O)OC.C=C(C)C(=O)OCCO.C=Cc1ccccc1.CC(C)(C#N)SC(=S)c1ccccc1.CC1OC(=O)C(C)OC1=O.CCC(C)(CC(C)(C)C(=O)OCCO)C(=O)OC.CCC(CC(C)(CC(C)(C)C(=O)OCCO)C(=O)OC)c1ccccc1.CCC(CC(C)(CC(C)(C)C(=O)OCCOC(=O)C(C)O)C(=O)OC)c1ccccc1. The van der Waals surface area contributed by atoms with Crippen molar-refractivity contribution in [2.45, 2.75) is 218 Å². The van der Waals surface area contributed by atoms with E-state index in [2.05, 4.69) is 70.7 Å². The van der Waals surface area contributed by atoms with E-state index < -0.39 is 97.3 Å². The number of thioether (sulfide) groups is 1. The van der Waals surface area contributed by atoms with Crippen LogP contribution in [0.2, 0.25) is 0 Å². The van der Waals surface area contributed by atoms with Crippen molar-refractivity contribution in [3.8, 4) is 6.07 Å². The molecule has 4 N–H and O–H groups in total. The van der Waals surface area contributed by atoms with Gasteiger partial charge in [0.1, 0.15) is 43.9 Å². The van der Waals surface area contributed by atoms with Crippen LogP contribution >= 0.6 is 24.0 Å². The Labute approximate surface area is 738 Å². The molecule has 1 aliphatic heterocycles. The molecule has 29 heteroatoms. The highest BCUT2D eigenvalue weighted by molar-refractivity contribution is 8.24. The Bertz CT molecular complexity index is 3930. The molecule has 1 heterocycles. The third kappa shape index (κ3) is 46.9. The highest BCUT2D eigenvalue weighted by Gasteiger charge is 2.47. The van der Waals surface area contributed by atoms with E-state index >= 15 is 0 Å². The van der Waals surface area contributed by atoms with Gasteiger partial charge in [0.15, 0.2) is 12.2 Å². The second kappa shape index (κ2) is 60.6. The Hall–Kier alpha value is -9.96. The minimum absolute atomic E-state index is 0.0245. The first-order chi connectivity index (χ1) is 57.3. The number of aliphatic hydroxyl groups excluding tert-OH is 4. The summed E-state index contributed by atoms with van der Waals surface area (Å²) >= 11 is 6.67. The fourth-order valence-electron chi connectivity index (χ4n) is 12.0. The van der Waals surface area contributed by atoms with Crippen LogP contribution in [0.3, 0.4) is 0 Å². The zero-order valence-electron chi connectivity index (χ0n) is 76.5. The smallest absolute Gasteiger partial charge is 0.347 e. The van der Waals surface area contributed by atoms with Crippen LogP contribution in [-0.4, -0.2) is 195 Å². The lowest BCUT2D eigenvalue weighted by Gasteiger charge is -2.36. The van der Waals surface area contributed by atoms with E-state index in [1.807, 2.05) is 150 Å². The van der Waals surface area contributed by atoms with Crippen LogP contribution in [-0.2, 0) is 105 Å². The summed E-state index contributed by atoms with van der Waals surface area (Å²) in [5, 5.41) is 43.7. The Morgan fingerprint density at radius 1 is 0.496 bits per heavy atom. The number of hydrogen-bond acceptors (Lipinski definition) is 29. The van der Waals surface area contributed by atoms with Crippen molar-refractivity contribution in [2.24, 2.45) is 32.5 Å². The molecule has 0 radical (unpaired) electrons. The summed E-state index contributed by atoms with van der Waals surface area (Å²) in [7, 11) is 5.40. The Morgan fingerprint density at radius 3 is 1.10 bits per heavy atom. The van der Waals surface area contributed by atoms with Gasteiger partial charge in [0.25, 0.3) is 0 Å². The molecule has 8 unspecified atom stereocenters. The van der Waals surface area contributed by atoms with Crippen LogP contribution in [0, 0.1) is 43.8 Å². The molecule has 5 rings (SSSR count). The van der Waals surface area contributed by atoms with E-state index in [-0.39, 0.29) is 95.0 Å². The van der Waals surface area contributed by atoms with E-state index in [0.29, 0.717) is 43.3 Å². The maximum Gasteiger partial charge on any atom is 0.347 e. The number of esters is 11. The van der Waals surface area contributed by atoms with Gasteiger partial charge in [0.05, 0.1) is 91.0 Å². The van der Waals surface area contributed by atoms with Gasteiger partial charge in [-0.25, -0.2) is 24.0 Å². The number of ether oxygens (including phenoxy) is 11. The maximum atomic E-state index is 12.8. The Morgan fingerprint density at radius 2 is 0.813 bits per heavy atom. The zero-order chi connectivity index (χ0) is 95.1. The predicted molar refractivity (Wildman–Crippen MR) is 476 cm³/mol. The maximum absolute atomic E-state index is 12.8. The molecule has 27 nitrogen and oxygen atoms in total. The first kappa shape index (κ1) is 117. The standard InChI is InChI=1S/C24H36O7.C21H32O5.C13H24O5.C11H11NS2.C8H8.C6H8O4.C6H10O3.C5H8O2/c1-7-18(19-11-9-8-10-12-19)15-24(5,22(28)29-6)16-23(3,4)21(27)31-14-13-30-20(26)17(2)25;1-6-16(17-10-8-7-9-11-17)14-21(4,19(24)25-5)15-20(2,3)18(23)26-13-12-22;1-6-13(4,11(16)17-5)9-12(2,3)10(15)18-8-7-14;1-11(2,8-12)14-10(13)9-6-4-3-5-7-9;1-2-8-6-4-3-5-7-8;1-3-5(7)10-4(2)6(8)9-3;1-5(2)6(8)9-4-3-7;1-4(2)5(6)7-3/h8-12,17-18,25H,7,13-16H2,1-6H3;7-11,16,22H,6,12-15H2,1-5H3;14H,6-9H2,1-5H3;3-7H,1-2H3;2-7H,1H2;3-4H,1-2H3;7H,1,3-4H2,2H3;1H2,2-3H3. The third-order valence-corrected chi connectivity index (χ3v) is 20.1. The van der Waals surface area contributed by atoms with E-state index in [0.717, 1.165) is 28.2 Å². The van der Waals surface area contributed by atoms with Crippen molar-refractivity contribution in [1.82, 2.24) is 0 Å². The number of hydrogen-bond donors (Lipinski definition) is 4. The van der Waals surface area contributed by atoms with Crippen LogP contribution in [0.25, 0.3) is 6.08 Å². The average Bonchev–Trinajstić information content (AvgIpc) is 0.810. The number of nitriles is 1. The minimum atomic E-state index is -1.23. The van der Waals surface area contributed by atoms with Gasteiger partial charge in [-0.15, -0.1) is 0 Å². The molecule has 0 aromatic heterocycles. The van der Waals surface area contributed by atoms with E-state index in [1.54, 1.807) is 62.3 Å². The quantitative estimate of drug-likeness (QED) is 0.0108. The third-order valence-electron chi connectivity index (χ3n) is 18.6. The van der Waals surface area contributed by atoms with E-state index in [1.165, 1.54) is 72.1 Å². The molecule has 1 fully saturated rings. The molecule has 8 atom stereocenters. The number of carbonyl (C=O) groups excluding carboxylic acids is 11. The van der Waals surface area contributed by atoms with Crippen LogP contribution in [0.5, 0.6) is 0 Å². The van der Waals surface area contributed by atoms with Crippen LogP contribution < -0.4 is 0 Å². The fraction of sp³-hybridized carbons (Fsp3) is 0.543. The average molecular weight is 1760 g/mol. The number of aliphatic hydroxyl groups is 4. The molecule has 0 amide bonds. The van der Waals surface area contributed by atoms with Gasteiger partial charge in [-0.05, 0) is 196 Å². The summed E-state index contributed by atoms with van der Waals surface area (Å²) in [4.78, 5) is 127. The molecule has 4 aromatic carbocycles. The van der Waals surface area contributed by atoms with Crippen LogP contribution in [0.4, 0.5) is 0 Å². The van der Waals surface area contributed by atoms with E-state index in [4.69, 9.17) is 71.1 Å². The first-order valence-corrected chi connectivity index (χ1v) is 41.5. The van der Waals surface area contributed by atoms with Crippen molar-refractivity contribution in [3.63, 3.8) is 0 Å². The van der Waals surface area contributed by atoms with Crippen molar-refractivity contribution < 1.29 is 125 Å². The van der Waals surface area contributed by atoms with Gasteiger partial charge in [0, 0.05) is 11.1 Å². The summed E-state index contributed by atoms with van der Waals surface area (Å²) in [6, 6.07) is 42.1. The predicted octanol–water partition coefficient (Wildman–Crippen LogP) is 15.3. The molecule has 0 spiro atoms. The zero-order valence-corrected chi connectivity index (χ0v) is 78.1. The number of rotatable bonds is 36. The topological polar surface area (TPSA) is 394 Å². The fourth-order valence-corrected chi connectivity index (χ4v) is 13.5. The molecule has 0 saturated carbocycles. The van der Waals surface area contributed by atoms with Crippen LogP contribution in [0.15, 0.2) is 152 Å². The summed E-state index contributed by atoms with van der Waals surface area (Å²) in [6.45, 7) is 42.5. The number of benzene rings is 4. The van der Waals surface area contributed by atoms with Crippen LogP contribution in [0.1, 0.15) is 217 Å². The van der Waals surface area contributed by atoms with Gasteiger partial charge in [-0.1, -0.05) is 192 Å². The Balaban J connectivity index is -0.00000141. The molecule has 123 heavy (non-hydrogen) atoms. The summed E-state index contributed by atoms with van der Waals surface area (Å²) < 4.78 is 53.3. The van der Waals surface area contributed by atoms with Crippen molar-refractivity contribution in [3.05, 3.63) is 174 Å².